The Morgan fingerprint density at radius 1 is 1.42 bits per heavy atom. The highest BCUT2D eigenvalue weighted by Crippen LogP contribution is 2.24. The van der Waals surface area contributed by atoms with Gasteiger partial charge in [-0.2, -0.15) is 0 Å². The molecular weight excluding hydrogens is 292 g/mol. The third kappa shape index (κ3) is 3.04. The summed E-state index contributed by atoms with van der Waals surface area (Å²) in [5.74, 6) is -0.318. The lowest BCUT2D eigenvalue weighted by molar-refractivity contribution is 0.461. The number of H-pyrrole nitrogens is 1. The summed E-state index contributed by atoms with van der Waals surface area (Å²) in [5, 5.41) is 0. The first-order valence-electron chi connectivity index (χ1n) is 5.55. The maximum Gasteiger partial charge on any atom is 0.246 e. The molecule has 1 saturated heterocycles. The van der Waals surface area contributed by atoms with Gasteiger partial charge in [0.1, 0.15) is 4.90 Å². The van der Waals surface area contributed by atoms with Crippen molar-refractivity contribution in [2.24, 2.45) is 0 Å². The van der Waals surface area contributed by atoms with Gasteiger partial charge in [-0.25, -0.2) is 21.6 Å². The van der Waals surface area contributed by atoms with Crippen molar-refractivity contribution >= 4 is 19.9 Å². The Balaban J connectivity index is 2.34. The van der Waals surface area contributed by atoms with Crippen LogP contribution in [0.1, 0.15) is 13.3 Å². The molecule has 9 heteroatoms. The van der Waals surface area contributed by atoms with Crippen molar-refractivity contribution in [3.63, 3.8) is 0 Å². The van der Waals surface area contributed by atoms with Gasteiger partial charge in [-0.05, 0) is 13.3 Å². The summed E-state index contributed by atoms with van der Waals surface area (Å²) < 4.78 is 49.4. The average Bonchev–Trinajstić information content (AvgIpc) is 2.52. The molecule has 1 aliphatic heterocycles. The number of hydrogen-bond donors (Lipinski definition) is 2. The Hall–Kier alpha value is -1.19. The van der Waals surface area contributed by atoms with E-state index in [0.717, 1.165) is 12.3 Å². The van der Waals surface area contributed by atoms with Crippen LogP contribution < -0.4 is 10.2 Å². The predicted octanol–water partition coefficient (Wildman–Crippen LogP) is -0.770. The number of pyridine rings is 1. The minimum Gasteiger partial charge on any atom is -0.366 e. The molecule has 1 aliphatic rings. The zero-order valence-corrected chi connectivity index (χ0v) is 11.8. The van der Waals surface area contributed by atoms with Crippen molar-refractivity contribution in [2.75, 3.05) is 11.5 Å². The first kappa shape index (κ1) is 14.2. The van der Waals surface area contributed by atoms with Crippen molar-refractivity contribution in [3.05, 3.63) is 28.7 Å². The molecule has 0 amide bonds. The lowest BCUT2D eigenvalue weighted by atomic mass is 10.0. The first-order chi connectivity index (χ1) is 8.64. The van der Waals surface area contributed by atoms with Gasteiger partial charge in [-0.15, -0.1) is 0 Å². The van der Waals surface area contributed by atoms with Crippen LogP contribution in [0.2, 0.25) is 0 Å². The Kier molecular flexibility index (Phi) is 3.31. The van der Waals surface area contributed by atoms with E-state index in [9.17, 15) is 21.6 Å². The summed E-state index contributed by atoms with van der Waals surface area (Å²) >= 11 is 0. The fourth-order valence-corrected chi connectivity index (χ4v) is 5.75. The molecule has 7 nitrogen and oxygen atoms in total. The number of rotatable bonds is 3. The van der Waals surface area contributed by atoms with Crippen molar-refractivity contribution in [3.8, 4) is 0 Å². The topological polar surface area (TPSA) is 113 Å². The molecule has 2 heterocycles. The number of nitrogens with one attached hydrogen (secondary N) is 2. The highest BCUT2D eigenvalue weighted by Gasteiger charge is 2.41. The van der Waals surface area contributed by atoms with Crippen LogP contribution in [-0.4, -0.2) is 38.9 Å². The highest BCUT2D eigenvalue weighted by atomic mass is 32.2. The average molecular weight is 306 g/mol. The van der Waals surface area contributed by atoms with Gasteiger partial charge >= 0.3 is 0 Å². The van der Waals surface area contributed by atoms with E-state index in [1.807, 2.05) is 0 Å². The van der Waals surface area contributed by atoms with Gasteiger partial charge in [-0.3, -0.25) is 4.79 Å². The van der Waals surface area contributed by atoms with Crippen LogP contribution >= 0.6 is 0 Å². The van der Waals surface area contributed by atoms with E-state index in [4.69, 9.17) is 0 Å². The normalized spacial score (nSPS) is 26.4. The molecule has 0 aromatic carbocycles. The monoisotopic (exact) mass is 306 g/mol. The van der Waals surface area contributed by atoms with Gasteiger partial charge in [0.05, 0.1) is 11.5 Å². The van der Waals surface area contributed by atoms with Gasteiger partial charge in [0.25, 0.3) is 0 Å². The maximum atomic E-state index is 12.1. The molecule has 2 rings (SSSR count). The molecule has 0 radical (unpaired) electrons. The summed E-state index contributed by atoms with van der Waals surface area (Å²) in [6.07, 6.45) is 2.60. The van der Waals surface area contributed by atoms with Gasteiger partial charge in [0, 0.05) is 24.0 Å². The molecule has 0 saturated carbocycles. The third-order valence-electron chi connectivity index (χ3n) is 2.96. The smallest absolute Gasteiger partial charge is 0.246 e. The van der Waals surface area contributed by atoms with Crippen molar-refractivity contribution in [1.29, 1.82) is 0 Å². The minimum absolute atomic E-state index is 0.0584. The van der Waals surface area contributed by atoms with Crippen LogP contribution in [0.5, 0.6) is 0 Å². The molecular formula is C10H14N2O5S2. The molecule has 1 unspecified atom stereocenters. The van der Waals surface area contributed by atoms with Gasteiger partial charge in [0.15, 0.2) is 9.84 Å². The second-order valence-corrected chi connectivity index (χ2v) is 8.72. The van der Waals surface area contributed by atoms with E-state index in [1.54, 1.807) is 0 Å². The van der Waals surface area contributed by atoms with E-state index >= 15 is 0 Å². The Morgan fingerprint density at radius 2 is 2.11 bits per heavy atom. The molecule has 1 fully saturated rings. The SMILES string of the molecule is CC1(NS(=O)(=O)c2c[nH]ccc2=O)CCS(=O)(=O)C1. The molecule has 0 spiro atoms. The molecule has 1 aromatic rings. The van der Waals surface area contributed by atoms with E-state index in [0.29, 0.717) is 0 Å². The van der Waals surface area contributed by atoms with E-state index in [-0.39, 0.29) is 17.9 Å². The van der Waals surface area contributed by atoms with E-state index < -0.39 is 35.7 Å². The number of aromatic amines is 1. The minimum atomic E-state index is -4.04. The standard InChI is InChI=1S/C10H14N2O5S2/c1-10(3-5-18(14,15)7-10)12-19(16,17)9-6-11-4-2-8(9)13/h2,4,6,12H,3,5,7H2,1H3,(H,11,13). The number of sulfone groups is 1. The molecule has 1 atom stereocenters. The van der Waals surface area contributed by atoms with E-state index in [1.165, 1.54) is 13.1 Å². The molecule has 106 valence electrons. The summed E-state index contributed by atoms with van der Waals surface area (Å²) in [5.41, 5.74) is -1.71. The Labute approximate surface area is 111 Å². The summed E-state index contributed by atoms with van der Waals surface area (Å²) in [6, 6.07) is 1.10. The van der Waals surface area contributed by atoms with Gasteiger partial charge in [-0.1, -0.05) is 0 Å². The van der Waals surface area contributed by atoms with Gasteiger partial charge < -0.3 is 4.98 Å². The van der Waals surface area contributed by atoms with Crippen LogP contribution in [0.4, 0.5) is 0 Å². The third-order valence-corrected chi connectivity index (χ3v) is 6.52. The Morgan fingerprint density at radius 3 is 2.63 bits per heavy atom. The number of aromatic nitrogens is 1. The molecule has 19 heavy (non-hydrogen) atoms. The van der Waals surface area contributed by atoms with Gasteiger partial charge in [0.2, 0.25) is 15.5 Å². The molecule has 2 N–H and O–H groups in total. The predicted molar refractivity (Wildman–Crippen MR) is 69.1 cm³/mol. The highest BCUT2D eigenvalue weighted by molar-refractivity contribution is 7.92. The van der Waals surface area contributed by atoms with Crippen LogP contribution in [0.3, 0.4) is 0 Å². The van der Waals surface area contributed by atoms with Crippen LogP contribution in [0.15, 0.2) is 28.2 Å². The molecule has 0 aliphatic carbocycles. The largest absolute Gasteiger partial charge is 0.366 e. The quantitative estimate of drug-likeness (QED) is 0.761. The Bertz CT molecular complexity index is 750. The van der Waals surface area contributed by atoms with Crippen LogP contribution in [0, 0.1) is 0 Å². The van der Waals surface area contributed by atoms with E-state index in [2.05, 4.69) is 9.71 Å². The maximum absolute atomic E-state index is 12.1. The van der Waals surface area contributed by atoms with Crippen LogP contribution in [-0.2, 0) is 19.9 Å². The molecule has 1 aromatic heterocycles. The van der Waals surface area contributed by atoms with Crippen molar-refractivity contribution in [1.82, 2.24) is 9.71 Å². The summed E-state index contributed by atoms with van der Waals surface area (Å²) in [7, 11) is -7.27. The van der Waals surface area contributed by atoms with Crippen molar-refractivity contribution < 1.29 is 16.8 Å². The number of sulfonamides is 1. The fourth-order valence-electron chi connectivity index (χ4n) is 2.08. The lowest BCUT2D eigenvalue weighted by Crippen LogP contribution is -2.47. The van der Waals surface area contributed by atoms with Crippen LogP contribution in [0.25, 0.3) is 0 Å². The summed E-state index contributed by atoms with van der Waals surface area (Å²) in [6.45, 7) is 1.52. The first-order valence-corrected chi connectivity index (χ1v) is 8.86. The zero-order valence-electron chi connectivity index (χ0n) is 10.2. The fraction of sp³-hybridized carbons (Fsp3) is 0.500. The summed E-state index contributed by atoms with van der Waals surface area (Å²) in [4.78, 5) is 13.6. The van der Waals surface area contributed by atoms with Crippen molar-refractivity contribution in [2.45, 2.75) is 23.8 Å². The second-order valence-electron chi connectivity index (χ2n) is 4.88. The number of hydrogen-bond acceptors (Lipinski definition) is 5. The lowest BCUT2D eigenvalue weighted by Gasteiger charge is -2.23. The second kappa shape index (κ2) is 4.43. The molecule has 0 bridgehead atoms. The zero-order chi connectivity index (χ0) is 14.3.